The van der Waals surface area contributed by atoms with E-state index in [9.17, 15) is 0 Å². The van der Waals surface area contributed by atoms with E-state index in [4.69, 9.17) is 16.3 Å². The molecule has 1 aliphatic rings. The van der Waals surface area contributed by atoms with Crippen molar-refractivity contribution in [3.63, 3.8) is 0 Å². The third kappa shape index (κ3) is 3.94. The van der Waals surface area contributed by atoms with Crippen LogP contribution in [0.15, 0.2) is 121 Å². The Bertz CT molecular complexity index is 2040. The van der Waals surface area contributed by atoms with Crippen LogP contribution in [-0.2, 0) is 5.41 Å². The van der Waals surface area contributed by atoms with Gasteiger partial charge in [0.2, 0.25) is 5.95 Å². The van der Waals surface area contributed by atoms with Gasteiger partial charge in [-0.2, -0.15) is 9.97 Å². The highest BCUT2D eigenvalue weighted by molar-refractivity contribution is 6.11. The highest BCUT2D eigenvalue weighted by Crippen LogP contribution is 2.50. The van der Waals surface area contributed by atoms with Crippen molar-refractivity contribution in [2.45, 2.75) is 33.1 Å². The summed E-state index contributed by atoms with van der Waals surface area (Å²) in [6.07, 6.45) is 0. The van der Waals surface area contributed by atoms with Gasteiger partial charge in [-0.15, -0.1) is 0 Å². The molecule has 4 heteroatoms. The number of benzene rings is 5. The van der Waals surface area contributed by atoms with Crippen molar-refractivity contribution in [2.24, 2.45) is 0 Å². The van der Waals surface area contributed by atoms with Crippen LogP contribution >= 0.6 is 0 Å². The average molecular weight is 547 g/mol. The number of para-hydroxylation sites is 1. The number of hydrogen-bond donors (Lipinski definition) is 0. The Kier molecular flexibility index (Phi) is 5.92. The molecule has 0 radical (unpaired) electrons. The van der Waals surface area contributed by atoms with Crippen molar-refractivity contribution in [3.8, 4) is 39.9 Å². The average Bonchev–Trinajstić information content (AvgIpc) is 3.49. The molecule has 0 unspecified atom stereocenters. The number of rotatable bonds is 3. The van der Waals surface area contributed by atoms with Crippen LogP contribution in [-0.4, -0.2) is 19.5 Å². The highest BCUT2D eigenvalue weighted by atomic mass is 15.2. The van der Waals surface area contributed by atoms with E-state index < -0.39 is 0 Å². The predicted octanol–water partition coefficient (Wildman–Crippen LogP) is 9.64. The van der Waals surface area contributed by atoms with Gasteiger partial charge in [-0.25, -0.2) is 4.98 Å². The molecule has 0 fully saturated rings. The molecule has 0 amide bonds. The minimum Gasteiger partial charge on any atom is -0.278 e. The summed E-state index contributed by atoms with van der Waals surface area (Å²) in [6.45, 7) is 6.93. The van der Waals surface area contributed by atoms with Crippen molar-refractivity contribution in [1.29, 1.82) is 0 Å². The van der Waals surface area contributed by atoms with Gasteiger partial charge >= 0.3 is 0 Å². The third-order valence-electron chi connectivity index (χ3n) is 8.26. The molecule has 0 aliphatic heterocycles. The largest absolute Gasteiger partial charge is 0.278 e. The predicted molar refractivity (Wildman–Crippen MR) is 174 cm³/mol. The molecule has 0 atom stereocenters. The maximum atomic E-state index is 6.21. The highest BCUT2D eigenvalue weighted by Gasteiger charge is 2.36. The van der Waals surface area contributed by atoms with Crippen molar-refractivity contribution < 1.29 is 1.37 Å². The molecular formula is C38H32N4. The topological polar surface area (TPSA) is 43.6 Å². The molecule has 2 aromatic heterocycles. The first-order valence-corrected chi connectivity index (χ1v) is 14.4. The van der Waals surface area contributed by atoms with Gasteiger partial charge in [0, 0.05) is 28.7 Å². The van der Waals surface area contributed by atoms with E-state index in [0.717, 1.165) is 22.2 Å². The monoisotopic (exact) mass is 546 g/mol. The normalized spacial score (nSPS) is 13.3. The van der Waals surface area contributed by atoms with Crippen LogP contribution < -0.4 is 0 Å². The Morgan fingerprint density at radius 3 is 1.81 bits per heavy atom. The zero-order valence-corrected chi connectivity index (χ0v) is 24.0. The number of aromatic nitrogens is 4. The summed E-state index contributed by atoms with van der Waals surface area (Å²) in [5, 5.41) is 2.38. The summed E-state index contributed by atoms with van der Waals surface area (Å²) in [4.78, 5) is 15.1. The molecule has 5 aromatic carbocycles. The fourth-order valence-electron chi connectivity index (χ4n) is 6.28. The van der Waals surface area contributed by atoms with Crippen molar-refractivity contribution in [3.05, 3.63) is 132 Å². The third-order valence-corrected chi connectivity index (χ3v) is 8.26. The van der Waals surface area contributed by atoms with E-state index >= 15 is 0 Å². The Hall–Kier alpha value is -5.09. The molecule has 4 nitrogen and oxygen atoms in total. The summed E-state index contributed by atoms with van der Waals surface area (Å²) in [7, 11) is 0. The first-order valence-electron chi connectivity index (χ1n) is 15.1. The second-order valence-electron chi connectivity index (χ2n) is 11.0. The second kappa shape index (κ2) is 10.1. The fraction of sp³-hybridized carbons (Fsp3) is 0.132. The lowest BCUT2D eigenvalue weighted by Crippen LogP contribution is -2.15. The zero-order valence-electron chi connectivity index (χ0n) is 25.0. The molecule has 8 rings (SSSR count). The van der Waals surface area contributed by atoms with Crippen molar-refractivity contribution in [1.82, 2.24) is 19.5 Å². The van der Waals surface area contributed by atoms with Crippen LogP contribution in [0.4, 0.5) is 0 Å². The van der Waals surface area contributed by atoms with Crippen LogP contribution in [0, 0.1) is 0 Å². The van der Waals surface area contributed by atoms with Crippen molar-refractivity contribution in [2.75, 3.05) is 0 Å². The zero-order chi connectivity index (χ0) is 29.6. The molecule has 204 valence electrons. The van der Waals surface area contributed by atoms with E-state index in [1.54, 1.807) is 6.92 Å². The number of hydrogen-bond acceptors (Lipinski definition) is 3. The number of fused-ring (bicyclic) bond motifs is 6. The van der Waals surface area contributed by atoms with E-state index in [0.29, 0.717) is 24.5 Å². The van der Waals surface area contributed by atoms with Crippen LogP contribution in [0.3, 0.4) is 0 Å². The van der Waals surface area contributed by atoms with E-state index in [-0.39, 0.29) is 5.41 Å². The maximum absolute atomic E-state index is 6.21. The molecular weight excluding hydrogens is 512 g/mol. The SMILES string of the molecule is CC1(C)c2ccccc2-c2cc3c4ccccc4n(-c4nc(-c5ccccc5)nc(-c5ccccc5)n4)c3cc21.[3H]CC. The maximum Gasteiger partial charge on any atom is 0.238 e. The van der Waals surface area contributed by atoms with E-state index in [1.807, 2.05) is 60.7 Å². The molecule has 42 heavy (non-hydrogen) atoms. The van der Waals surface area contributed by atoms with Gasteiger partial charge in [-0.3, -0.25) is 4.57 Å². The Morgan fingerprint density at radius 2 is 1.14 bits per heavy atom. The van der Waals surface area contributed by atoms with E-state index in [1.165, 1.54) is 33.0 Å². The first-order chi connectivity index (χ1) is 21.0. The van der Waals surface area contributed by atoms with Crippen LogP contribution in [0.2, 0.25) is 0 Å². The van der Waals surface area contributed by atoms with E-state index in [2.05, 4.69) is 79.1 Å². The van der Waals surface area contributed by atoms with Gasteiger partial charge in [0.1, 0.15) is 0 Å². The first kappa shape index (κ1) is 24.7. The quantitative estimate of drug-likeness (QED) is 0.222. The summed E-state index contributed by atoms with van der Waals surface area (Å²) in [6, 6.07) is 42.4. The second-order valence-corrected chi connectivity index (χ2v) is 11.0. The van der Waals surface area contributed by atoms with Gasteiger partial charge in [-0.05, 0) is 40.5 Å². The standard InChI is InChI=1S/C36H26N4.C2H6/c1-36(2)29-19-11-9-17-25(29)27-21-28-26-18-10-12-20-31(26)40(32(28)22-30(27)36)35-38-33(23-13-5-3-6-14-23)37-34(39-35)24-15-7-4-8-16-24;1-2/h3-22H,1-2H3;1-2H3/i;1T. The minimum atomic E-state index is -0.106. The molecule has 7 aromatic rings. The summed E-state index contributed by atoms with van der Waals surface area (Å²) < 4.78 is 8.42. The molecule has 0 spiro atoms. The Morgan fingerprint density at radius 1 is 0.571 bits per heavy atom. The summed E-state index contributed by atoms with van der Waals surface area (Å²) in [5.41, 5.74) is 9.31. The Labute approximate surface area is 247 Å². The molecule has 0 saturated carbocycles. The van der Waals surface area contributed by atoms with Crippen LogP contribution in [0.5, 0.6) is 0 Å². The number of nitrogens with zero attached hydrogens (tertiary/aromatic N) is 4. The Balaban J connectivity index is 0.000000963. The fourth-order valence-corrected chi connectivity index (χ4v) is 6.28. The van der Waals surface area contributed by atoms with Crippen molar-refractivity contribution >= 4 is 21.8 Å². The van der Waals surface area contributed by atoms with Gasteiger partial charge in [-0.1, -0.05) is 131 Å². The molecule has 2 heterocycles. The van der Waals surface area contributed by atoms with Crippen LogP contribution in [0.1, 0.15) is 40.2 Å². The van der Waals surface area contributed by atoms with Gasteiger partial charge in [0.15, 0.2) is 11.6 Å². The smallest absolute Gasteiger partial charge is 0.238 e. The lowest BCUT2D eigenvalue weighted by atomic mass is 9.82. The minimum absolute atomic E-state index is 0.106. The molecule has 0 bridgehead atoms. The molecule has 0 N–H and O–H groups in total. The lowest BCUT2D eigenvalue weighted by molar-refractivity contribution is 0.661. The van der Waals surface area contributed by atoms with Crippen LogP contribution in [0.25, 0.3) is 61.7 Å². The summed E-state index contributed by atoms with van der Waals surface area (Å²) in [5.74, 6) is 1.93. The summed E-state index contributed by atoms with van der Waals surface area (Å²) >= 11 is 0. The van der Waals surface area contributed by atoms with Gasteiger partial charge in [0.25, 0.3) is 0 Å². The van der Waals surface area contributed by atoms with Gasteiger partial charge < -0.3 is 0 Å². The molecule has 1 aliphatic carbocycles. The van der Waals surface area contributed by atoms with Gasteiger partial charge in [0.05, 0.1) is 11.0 Å². The lowest BCUT2D eigenvalue weighted by Gasteiger charge is -2.21. The molecule has 0 saturated heterocycles.